The molecular weight excluding hydrogens is 248 g/mol. The third-order valence-electron chi connectivity index (χ3n) is 3.04. The monoisotopic (exact) mass is 264 g/mol. The predicted octanol–water partition coefficient (Wildman–Crippen LogP) is 3.29. The smallest absolute Gasteiger partial charge is 0.107 e. The van der Waals surface area contributed by atoms with Crippen molar-refractivity contribution < 1.29 is 0 Å². The fraction of sp³-hybridized carbons (Fsp3) is 0.462. The molecule has 3 rings (SSSR count). The largest absolute Gasteiger partial charge is 0.306 e. The molecule has 2 heterocycles. The highest BCUT2D eigenvalue weighted by Crippen LogP contribution is 2.30. The lowest BCUT2D eigenvalue weighted by atomic mass is 10.2. The van der Waals surface area contributed by atoms with Gasteiger partial charge in [-0.05, 0) is 37.8 Å². The molecule has 0 unspecified atom stereocenters. The van der Waals surface area contributed by atoms with Gasteiger partial charge < -0.3 is 5.32 Å². The molecule has 0 aromatic carbocycles. The quantitative estimate of drug-likeness (QED) is 0.916. The highest BCUT2D eigenvalue weighted by atomic mass is 32.1. The molecule has 0 amide bonds. The molecule has 0 radical (unpaired) electrons. The van der Waals surface area contributed by atoms with Crippen molar-refractivity contribution >= 4 is 22.7 Å². The molecule has 0 aliphatic heterocycles. The molecule has 1 aliphatic rings. The average Bonchev–Trinajstić information content (AvgIpc) is 2.94. The minimum atomic E-state index is 0.890. The summed E-state index contributed by atoms with van der Waals surface area (Å²) in [4.78, 5) is 7.54. The molecule has 0 saturated heterocycles. The van der Waals surface area contributed by atoms with Gasteiger partial charge in [0.05, 0.1) is 0 Å². The lowest BCUT2D eigenvalue weighted by Gasteiger charge is -1.99. The maximum atomic E-state index is 4.45. The highest BCUT2D eigenvalue weighted by Gasteiger charge is 2.14. The van der Waals surface area contributed by atoms with Crippen LogP contribution in [-0.2, 0) is 25.9 Å². The van der Waals surface area contributed by atoms with Gasteiger partial charge in [-0.25, -0.2) is 4.98 Å². The Morgan fingerprint density at radius 1 is 1.35 bits per heavy atom. The molecule has 1 aliphatic carbocycles. The lowest BCUT2D eigenvalue weighted by Crippen LogP contribution is -2.11. The van der Waals surface area contributed by atoms with Gasteiger partial charge in [0.15, 0.2) is 0 Å². The molecule has 2 aromatic rings. The van der Waals surface area contributed by atoms with Crippen LogP contribution in [0, 0.1) is 6.92 Å². The van der Waals surface area contributed by atoms with Crippen molar-refractivity contribution in [3.8, 4) is 0 Å². The number of thiophene rings is 1. The van der Waals surface area contributed by atoms with Crippen LogP contribution in [-0.4, -0.2) is 4.98 Å². The molecule has 0 spiro atoms. The number of aromatic nitrogens is 1. The van der Waals surface area contributed by atoms with Crippen LogP contribution >= 0.6 is 22.7 Å². The molecule has 2 nitrogen and oxygen atoms in total. The van der Waals surface area contributed by atoms with Gasteiger partial charge in [0.2, 0.25) is 0 Å². The molecule has 0 atom stereocenters. The fourth-order valence-corrected chi connectivity index (χ4v) is 4.23. The number of nitrogens with zero attached hydrogens (tertiary/aromatic N) is 1. The second-order valence-corrected chi connectivity index (χ2v) is 6.66. The van der Waals surface area contributed by atoms with E-state index >= 15 is 0 Å². The number of nitrogens with one attached hydrogen (secondary N) is 1. The van der Waals surface area contributed by atoms with E-state index in [1.165, 1.54) is 29.1 Å². The summed E-state index contributed by atoms with van der Waals surface area (Å²) in [7, 11) is 0. The van der Waals surface area contributed by atoms with E-state index in [9.17, 15) is 0 Å². The predicted molar refractivity (Wildman–Crippen MR) is 73.7 cm³/mol. The van der Waals surface area contributed by atoms with E-state index in [1.54, 1.807) is 21.8 Å². The van der Waals surface area contributed by atoms with Gasteiger partial charge in [-0.2, -0.15) is 0 Å². The highest BCUT2D eigenvalue weighted by molar-refractivity contribution is 7.12. The van der Waals surface area contributed by atoms with E-state index in [-0.39, 0.29) is 0 Å². The van der Waals surface area contributed by atoms with E-state index in [2.05, 4.69) is 21.7 Å². The summed E-state index contributed by atoms with van der Waals surface area (Å²) in [5.74, 6) is 0. The van der Waals surface area contributed by atoms with Crippen molar-refractivity contribution in [2.24, 2.45) is 0 Å². The first-order valence-corrected chi connectivity index (χ1v) is 7.73. The molecule has 1 N–H and O–H groups in total. The van der Waals surface area contributed by atoms with Crippen molar-refractivity contribution in [1.29, 1.82) is 0 Å². The summed E-state index contributed by atoms with van der Waals surface area (Å²) in [5.41, 5.74) is 2.72. The second kappa shape index (κ2) is 4.88. The Labute approximate surface area is 110 Å². The standard InChI is InChI=1S/C13H16N2S2/c1-9-8-16-13(15-9)7-14-6-11-5-10-3-2-4-12(10)17-11/h5,8,14H,2-4,6-7H2,1H3. The first-order valence-electron chi connectivity index (χ1n) is 6.03. The van der Waals surface area contributed by atoms with Gasteiger partial charge in [-0.15, -0.1) is 22.7 Å². The van der Waals surface area contributed by atoms with Crippen LogP contribution in [0.15, 0.2) is 11.4 Å². The second-order valence-electron chi connectivity index (χ2n) is 4.50. The number of aryl methyl sites for hydroxylation is 3. The van der Waals surface area contributed by atoms with Crippen molar-refractivity contribution in [3.63, 3.8) is 0 Å². The van der Waals surface area contributed by atoms with Gasteiger partial charge in [0, 0.05) is 33.9 Å². The number of hydrogen-bond donors (Lipinski definition) is 1. The minimum Gasteiger partial charge on any atom is -0.306 e. The topological polar surface area (TPSA) is 24.9 Å². The van der Waals surface area contributed by atoms with Crippen LogP contribution in [0.3, 0.4) is 0 Å². The van der Waals surface area contributed by atoms with Crippen molar-refractivity contribution in [3.05, 3.63) is 37.5 Å². The Morgan fingerprint density at radius 2 is 2.29 bits per heavy atom. The SMILES string of the molecule is Cc1csc(CNCc2cc3c(s2)CCC3)n1. The number of hydrogen-bond acceptors (Lipinski definition) is 4. The summed E-state index contributed by atoms with van der Waals surface area (Å²) in [6, 6.07) is 2.38. The Kier molecular flexibility index (Phi) is 3.27. The Balaban J connectivity index is 1.54. The van der Waals surface area contributed by atoms with Gasteiger partial charge in [0.25, 0.3) is 0 Å². The first-order chi connectivity index (χ1) is 8.31. The van der Waals surface area contributed by atoms with Crippen LogP contribution in [0.5, 0.6) is 0 Å². The Morgan fingerprint density at radius 3 is 3.06 bits per heavy atom. The average molecular weight is 264 g/mol. The zero-order valence-electron chi connectivity index (χ0n) is 9.95. The third kappa shape index (κ3) is 2.59. The van der Waals surface area contributed by atoms with E-state index in [4.69, 9.17) is 0 Å². The summed E-state index contributed by atoms with van der Waals surface area (Å²) < 4.78 is 0. The molecule has 0 saturated carbocycles. The Bertz CT molecular complexity index is 492. The number of rotatable bonds is 4. The summed E-state index contributed by atoms with van der Waals surface area (Å²) >= 11 is 3.72. The van der Waals surface area contributed by atoms with Gasteiger partial charge in [-0.1, -0.05) is 0 Å². The Hall–Kier alpha value is -0.710. The minimum absolute atomic E-state index is 0.890. The molecule has 2 aromatic heterocycles. The number of fused-ring (bicyclic) bond motifs is 1. The molecule has 4 heteroatoms. The van der Waals surface area contributed by atoms with Gasteiger partial charge >= 0.3 is 0 Å². The molecule has 0 fully saturated rings. The van der Waals surface area contributed by atoms with Crippen LogP contribution in [0.4, 0.5) is 0 Å². The van der Waals surface area contributed by atoms with Crippen LogP contribution in [0.1, 0.15) is 32.4 Å². The van der Waals surface area contributed by atoms with E-state index in [0.29, 0.717) is 0 Å². The summed E-state index contributed by atoms with van der Waals surface area (Å²) in [6.45, 7) is 3.92. The molecule has 0 bridgehead atoms. The molecule has 17 heavy (non-hydrogen) atoms. The first kappa shape index (κ1) is 11.4. The zero-order chi connectivity index (χ0) is 11.7. The van der Waals surface area contributed by atoms with E-state index in [0.717, 1.165) is 18.8 Å². The zero-order valence-corrected chi connectivity index (χ0v) is 11.6. The molecule has 90 valence electrons. The van der Waals surface area contributed by atoms with Gasteiger partial charge in [0.1, 0.15) is 5.01 Å². The fourth-order valence-electron chi connectivity index (χ4n) is 2.25. The summed E-state index contributed by atoms with van der Waals surface area (Å²) in [5, 5.41) is 6.77. The summed E-state index contributed by atoms with van der Waals surface area (Å²) in [6.07, 6.45) is 3.94. The molecular formula is C13H16N2S2. The van der Waals surface area contributed by atoms with Gasteiger partial charge in [-0.3, -0.25) is 0 Å². The van der Waals surface area contributed by atoms with Crippen molar-refractivity contribution in [2.45, 2.75) is 39.3 Å². The van der Waals surface area contributed by atoms with E-state index < -0.39 is 0 Å². The van der Waals surface area contributed by atoms with Crippen LogP contribution < -0.4 is 5.32 Å². The lowest BCUT2D eigenvalue weighted by molar-refractivity contribution is 0.695. The van der Waals surface area contributed by atoms with Crippen molar-refractivity contribution in [1.82, 2.24) is 10.3 Å². The van der Waals surface area contributed by atoms with Crippen LogP contribution in [0.2, 0.25) is 0 Å². The normalized spacial score (nSPS) is 14.2. The van der Waals surface area contributed by atoms with E-state index in [1.807, 2.05) is 18.3 Å². The number of thiazole rings is 1. The maximum Gasteiger partial charge on any atom is 0.107 e. The van der Waals surface area contributed by atoms with Crippen LogP contribution in [0.25, 0.3) is 0 Å². The maximum absolute atomic E-state index is 4.45. The van der Waals surface area contributed by atoms with Crippen molar-refractivity contribution in [2.75, 3.05) is 0 Å². The third-order valence-corrected chi connectivity index (χ3v) is 5.24.